The number of phenolic OH excluding ortho intramolecular Hbond substituents is 1. The largest absolute Gasteiger partial charge is 0.506 e. The van der Waals surface area contributed by atoms with Crippen LogP contribution in [0.4, 0.5) is 27.6 Å². The molecule has 28 heavy (non-hydrogen) atoms. The van der Waals surface area contributed by atoms with E-state index in [2.05, 4.69) is 5.10 Å². The van der Waals surface area contributed by atoms with E-state index in [0.29, 0.717) is 12.7 Å². The van der Waals surface area contributed by atoms with Gasteiger partial charge in [-0.25, -0.2) is 22.0 Å². The van der Waals surface area contributed by atoms with Crippen molar-refractivity contribution in [2.75, 3.05) is 5.01 Å². The fourth-order valence-corrected chi connectivity index (χ4v) is 4.27. The number of rotatable bonds is 2. The van der Waals surface area contributed by atoms with Gasteiger partial charge in [0.15, 0.2) is 23.3 Å². The molecule has 1 N–H and O–H groups in total. The van der Waals surface area contributed by atoms with Gasteiger partial charge in [0, 0.05) is 0 Å². The van der Waals surface area contributed by atoms with Crippen LogP contribution < -0.4 is 5.01 Å². The standard InChI is InChI=1S/C17H7F5I2N2O2/c1-5-7(2-6-3-8(23)16(27)9(24)4-6)17(28)26(25-5)15-13(21)11(19)10(18)12(20)14(15)22/h2-4,27H,1H3/b7-2+. The van der Waals surface area contributed by atoms with Gasteiger partial charge in [-0.15, -0.1) is 0 Å². The van der Waals surface area contributed by atoms with Gasteiger partial charge < -0.3 is 5.11 Å². The third kappa shape index (κ3) is 3.38. The van der Waals surface area contributed by atoms with Gasteiger partial charge in [-0.1, -0.05) is 0 Å². The Labute approximate surface area is 182 Å². The minimum absolute atomic E-state index is 0.0204. The molecule has 2 aromatic carbocycles. The molecule has 0 fully saturated rings. The van der Waals surface area contributed by atoms with Crippen molar-refractivity contribution in [1.82, 2.24) is 0 Å². The molecule has 0 aliphatic carbocycles. The summed E-state index contributed by atoms with van der Waals surface area (Å²) >= 11 is 3.75. The Bertz CT molecular complexity index is 1050. The molecule has 2 aromatic rings. The number of aromatic hydroxyl groups is 1. The fourth-order valence-electron chi connectivity index (χ4n) is 2.45. The van der Waals surface area contributed by atoms with Crippen LogP contribution in [0.25, 0.3) is 6.08 Å². The Morgan fingerprint density at radius 1 is 0.964 bits per heavy atom. The quantitative estimate of drug-likeness (QED) is 0.167. The maximum absolute atomic E-state index is 14.0. The number of anilines is 1. The smallest absolute Gasteiger partial charge is 0.280 e. The first kappa shape index (κ1) is 21.0. The van der Waals surface area contributed by atoms with Crippen molar-refractivity contribution in [2.24, 2.45) is 5.10 Å². The molecule has 0 aromatic heterocycles. The minimum atomic E-state index is -2.32. The van der Waals surface area contributed by atoms with E-state index in [-0.39, 0.29) is 22.0 Å². The topological polar surface area (TPSA) is 52.9 Å². The lowest BCUT2D eigenvalue weighted by molar-refractivity contribution is -0.114. The van der Waals surface area contributed by atoms with Gasteiger partial charge in [-0.05, 0) is 75.9 Å². The molecule has 3 rings (SSSR count). The number of hydrogen-bond acceptors (Lipinski definition) is 3. The van der Waals surface area contributed by atoms with Gasteiger partial charge in [0.1, 0.15) is 11.4 Å². The van der Waals surface area contributed by atoms with Gasteiger partial charge in [0.25, 0.3) is 5.91 Å². The predicted octanol–water partition coefficient (Wildman–Crippen LogP) is 5.10. The van der Waals surface area contributed by atoms with E-state index in [1.165, 1.54) is 13.0 Å². The second-order valence-electron chi connectivity index (χ2n) is 5.61. The lowest BCUT2D eigenvalue weighted by atomic mass is 10.1. The number of carbonyl (C=O) groups excluding carboxylic acids is 1. The van der Waals surface area contributed by atoms with Gasteiger partial charge in [-0.2, -0.15) is 10.1 Å². The lowest BCUT2D eigenvalue weighted by Gasteiger charge is -2.15. The van der Waals surface area contributed by atoms with Crippen LogP contribution in [0.2, 0.25) is 0 Å². The van der Waals surface area contributed by atoms with Crippen LogP contribution in [0.15, 0.2) is 22.8 Å². The third-order valence-electron chi connectivity index (χ3n) is 3.81. The number of nitrogens with zero attached hydrogens (tertiary/aromatic N) is 2. The first-order chi connectivity index (χ1) is 13.0. The van der Waals surface area contributed by atoms with E-state index < -0.39 is 40.7 Å². The monoisotopic (exact) mass is 620 g/mol. The van der Waals surface area contributed by atoms with Gasteiger partial charge in [0.2, 0.25) is 5.82 Å². The van der Waals surface area contributed by atoms with Crippen molar-refractivity contribution in [1.29, 1.82) is 0 Å². The summed E-state index contributed by atoms with van der Waals surface area (Å²) in [6, 6.07) is 3.10. The Morgan fingerprint density at radius 2 is 1.43 bits per heavy atom. The van der Waals surface area contributed by atoms with Crippen molar-refractivity contribution in [3.63, 3.8) is 0 Å². The van der Waals surface area contributed by atoms with Gasteiger partial charge in [-0.3, -0.25) is 4.79 Å². The average molecular weight is 620 g/mol. The molecular formula is C17H7F5I2N2O2. The molecule has 0 unspecified atom stereocenters. The van der Waals surface area contributed by atoms with E-state index in [1.54, 1.807) is 12.1 Å². The van der Waals surface area contributed by atoms with Crippen LogP contribution in [-0.2, 0) is 4.79 Å². The van der Waals surface area contributed by atoms with Crippen LogP contribution in [0, 0.1) is 36.2 Å². The summed E-state index contributed by atoms with van der Waals surface area (Å²) in [5.41, 5.74) is -1.05. The number of amides is 1. The van der Waals surface area contributed by atoms with Gasteiger partial charge >= 0.3 is 0 Å². The van der Waals surface area contributed by atoms with E-state index in [1.807, 2.05) is 45.2 Å². The number of carbonyl (C=O) groups is 1. The van der Waals surface area contributed by atoms with E-state index >= 15 is 0 Å². The number of halogens is 7. The second kappa shape index (κ2) is 7.57. The lowest BCUT2D eigenvalue weighted by Crippen LogP contribution is -2.25. The highest BCUT2D eigenvalue weighted by atomic mass is 127. The summed E-state index contributed by atoms with van der Waals surface area (Å²) < 4.78 is 69.2. The van der Waals surface area contributed by atoms with Crippen LogP contribution >= 0.6 is 45.2 Å². The maximum atomic E-state index is 14.0. The summed E-state index contributed by atoms with van der Waals surface area (Å²) in [4.78, 5) is 12.6. The first-order valence-corrected chi connectivity index (χ1v) is 9.51. The molecule has 0 radical (unpaired) electrons. The summed E-state index contributed by atoms with van der Waals surface area (Å²) in [7, 11) is 0. The molecule has 0 saturated carbocycles. The van der Waals surface area contributed by atoms with Crippen molar-refractivity contribution in [3.05, 3.63) is 59.5 Å². The molecule has 1 heterocycles. The molecule has 146 valence electrons. The first-order valence-electron chi connectivity index (χ1n) is 7.35. The van der Waals surface area contributed by atoms with Crippen LogP contribution in [-0.4, -0.2) is 16.7 Å². The number of hydrazone groups is 1. The molecular weight excluding hydrogens is 613 g/mol. The van der Waals surface area contributed by atoms with Crippen molar-refractivity contribution < 1.29 is 31.9 Å². The second-order valence-corrected chi connectivity index (χ2v) is 7.94. The SMILES string of the molecule is CC1=NN(c2c(F)c(F)c(F)c(F)c2F)C(=O)/C1=C/c1cc(I)c(O)c(I)c1. The number of phenols is 1. The van der Waals surface area contributed by atoms with E-state index in [0.717, 1.165) is 0 Å². The number of benzene rings is 2. The molecule has 0 atom stereocenters. The molecule has 0 bridgehead atoms. The van der Waals surface area contributed by atoms with Crippen LogP contribution in [0.3, 0.4) is 0 Å². The zero-order chi connectivity index (χ0) is 20.9. The third-order valence-corrected chi connectivity index (χ3v) is 5.46. The maximum Gasteiger partial charge on any atom is 0.280 e. The zero-order valence-corrected chi connectivity index (χ0v) is 17.9. The van der Waals surface area contributed by atoms with Crippen LogP contribution in [0.1, 0.15) is 12.5 Å². The molecule has 0 spiro atoms. The predicted molar refractivity (Wildman–Crippen MR) is 108 cm³/mol. The van der Waals surface area contributed by atoms with Crippen LogP contribution in [0.5, 0.6) is 5.75 Å². The summed E-state index contributed by atoms with van der Waals surface area (Å²) in [6.45, 7) is 1.35. The molecule has 1 aliphatic rings. The van der Waals surface area contributed by atoms with Crippen molar-refractivity contribution in [2.45, 2.75) is 6.92 Å². The molecule has 0 saturated heterocycles. The normalized spacial score (nSPS) is 15.6. The Morgan fingerprint density at radius 3 is 1.93 bits per heavy atom. The molecule has 11 heteroatoms. The Kier molecular flexibility index (Phi) is 5.67. The van der Waals surface area contributed by atoms with Gasteiger partial charge in [0.05, 0.1) is 18.4 Å². The highest BCUT2D eigenvalue weighted by molar-refractivity contribution is 14.1. The molecule has 4 nitrogen and oxygen atoms in total. The summed E-state index contributed by atoms with van der Waals surface area (Å²) in [5.74, 6) is -12.0. The Balaban J connectivity index is 2.11. The average Bonchev–Trinajstić information content (AvgIpc) is 2.91. The highest BCUT2D eigenvalue weighted by Crippen LogP contribution is 2.34. The highest BCUT2D eigenvalue weighted by Gasteiger charge is 2.37. The Hall–Kier alpha value is -1.77. The van der Waals surface area contributed by atoms with Crippen molar-refractivity contribution in [3.8, 4) is 5.75 Å². The summed E-state index contributed by atoms with van der Waals surface area (Å²) in [5, 5.41) is 13.6. The molecule has 1 amide bonds. The number of hydrogen-bond donors (Lipinski definition) is 1. The van der Waals surface area contributed by atoms with Crippen molar-refractivity contribution >= 4 is 68.6 Å². The molecule has 1 aliphatic heterocycles. The van der Waals surface area contributed by atoms with E-state index in [4.69, 9.17) is 0 Å². The fraction of sp³-hybridized carbons (Fsp3) is 0.0588. The van der Waals surface area contributed by atoms with E-state index in [9.17, 15) is 31.9 Å². The zero-order valence-electron chi connectivity index (χ0n) is 13.6. The summed E-state index contributed by atoms with van der Waals surface area (Å²) in [6.07, 6.45) is 1.34. The minimum Gasteiger partial charge on any atom is -0.506 e.